The van der Waals surface area contributed by atoms with Crippen molar-refractivity contribution in [3.05, 3.63) is 29.6 Å². The molecule has 1 saturated carbocycles. The summed E-state index contributed by atoms with van der Waals surface area (Å²) in [4.78, 5) is -0.358. The highest BCUT2D eigenvalue weighted by molar-refractivity contribution is 7.89. The van der Waals surface area contributed by atoms with Gasteiger partial charge in [-0.1, -0.05) is 25.8 Å². The largest absolute Gasteiger partial charge is 0.392 e. The van der Waals surface area contributed by atoms with Crippen LogP contribution < -0.4 is 4.72 Å². The fourth-order valence-electron chi connectivity index (χ4n) is 2.91. The molecule has 21 heavy (non-hydrogen) atoms. The summed E-state index contributed by atoms with van der Waals surface area (Å²) >= 11 is 0. The quantitative estimate of drug-likeness (QED) is 0.877. The van der Waals surface area contributed by atoms with E-state index in [4.69, 9.17) is 5.11 Å². The van der Waals surface area contributed by atoms with Crippen LogP contribution >= 0.6 is 0 Å². The fraction of sp³-hybridized carbons (Fsp3) is 0.600. The number of benzene rings is 1. The third-order valence-corrected chi connectivity index (χ3v) is 5.53. The monoisotopic (exact) mass is 315 g/mol. The number of hydrogen-bond acceptors (Lipinski definition) is 3. The van der Waals surface area contributed by atoms with Gasteiger partial charge in [-0.15, -0.1) is 0 Å². The lowest BCUT2D eigenvalue weighted by molar-refractivity contribution is 0.281. The highest BCUT2D eigenvalue weighted by Gasteiger charge is 2.23. The highest BCUT2D eigenvalue weighted by atomic mass is 32.2. The summed E-state index contributed by atoms with van der Waals surface area (Å²) in [5.41, 5.74) is 0.354. The Morgan fingerprint density at radius 3 is 2.76 bits per heavy atom. The Morgan fingerprint density at radius 1 is 1.38 bits per heavy atom. The van der Waals surface area contributed by atoms with Crippen LogP contribution in [0.5, 0.6) is 0 Å². The van der Waals surface area contributed by atoms with Gasteiger partial charge in [0.05, 0.1) is 6.61 Å². The predicted molar refractivity (Wildman–Crippen MR) is 78.6 cm³/mol. The summed E-state index contributed by atoms with van der Waals surface area (Å²) in [6, 6.07) is 3.67. The topological polar surface area (TPSA) is 66.4 Å². The maximum Gasteiger partial charge on any atom is 0.243 e. The van der Waals surface area contributed by atoms with Gasteiger partial charge in [0.1, 0.15) is 10.7 Å². The Bertz CT molecular complexity index is 589. The van der Waals surface area contributed by atoms with Crippen molar-refractivity contribution in [2.24, 2.45) is 11.8 Å². The molecule has 0 bridgehead atoms. The maximum absolute atomic E-state index is 13.8. The number of nitrogens with one attached hydrogen (secondary N) is 1. The first kappa shape index (κ1) is 16.4. The number of aliphatic hydroxyl groups is 1. The van der Waals surface area contributed by atoms with E-state index in [1.165, 1.54) is 18.6 Å². The van der Waals surface area contributed by atoms with E-state index in [0.29, 0.717) is 23.9 Å². The van der Waals surface area contributed by atoms with E-state index in [-0.39, 0.29) is 11.5 Å². The molecule has 0 aromatic heterocycles. The zero-order valence-electron chi connectivity index (χ0n) is 12.2. The van der Waals surface area contributed by atoms with Crippen LogP contribution in [0.1, 0.15) is 38.2 Å². The van der Waals surface area contributed by atoms with E-state index in [9.17, 15) is 12.8 Å². The molecule has 1 aromatic rings. The van der Waals surface area contributed by atoms with Crippen LogP contribution in [-0.4, -0.2) is 20.1 Å². The van der Waals surface area contributed by atoms with Gasteiger partial charge in [0.15, 0.2) is 0 Å². The first-order chi connectivity index (χ1) is 9.92. The van der Waals surface area contributed by atoms with Crippen LogP contribution in [0.3, 0.4) is 0 Å². The van der Waals surface area contributed by atoms with E-state index < -0.39 is 15.8 Å². The van der Waals surface area contributed by atoms with Gasteiger partial charge in [0, 0.05) is 6.54 Å². The first-order valence-electron chi connectivity index (χ1n) is 7.31. The van der Waals surface area contributed by atoms with Crippen LogP contribution in [0, 0.1) is 17.7 Å². The van der Waals surface area contributed by atoms with Crippen molar-refractivity contribution in [1.82, 2.24) is 4.72 Å². The molecule has 0 aliphatic heterocycles. The molecule has 1 aliphatic rings. The molecule has 2 atom stereocenters. The van der Waals surface area contributed by atoms with Gasteiger partial charge >= 0.3 is 0 Å². The minimum Gasteiger partial charge on any atom is -0.392 e. The molecule has 1 fully saturated rings. The SMILES string of the molecule is CC1CCCC(CNS(=O)(=O)c2ccc(CO)cc2F)C1. The van der Waals surface area contributed by atoms with E-state index >= 15 is 0 Å². The smallest absolute Gasteiger partial charge is 0.243 e. The van der Waals surface area contributed by atoms with Gasteiger partial charge < -0.3 is 5.11 Å². The molecule has 0 amide bonds. The Balaban J connectivity index is 2.04. The molecule has 2 unspecified atom stereocenters. The molecular formula is C15H22FNO3S. The van der Waals surface area contributed by atoms with Crippen molar-refractivity contribution < 1.29 is 17.9 Å². The molecule has 0 heterocycles. The third-order valence-electron chi connectivity index (χ3n) is 4.08. The Kier molecular flexibility index (Phi) is 5.35. The van der Waals surface area contributed by atoms with Gasteiger partial charge in [-0.3, -0.25) is 0 Å². The van der Waals surface area contributed by atoms with E-state index in [1.54, 1.807) is 0 Å². The van der Waals surface area contributed by atoms with Gasteiger partial charge in [-0.05, 0) is 42.4 Å². The summed E-state index contributed by atoms with van der Waals surface area (Å²) in [5.74, 6) is 0.114. The summed E-state index contributed by atoms with van der Waals surface area (Å²) in [7, 11) is -3.84. The molecule has 0 radical (unpaired) electrons. The van der Waals surface area contributed by atoms with Crippen LogP contribution in [0.2, 0.25) is 0 Å². The first-order valence-corrected chi connectivity index (χ1v) is 8.79. The highest BCUT2D eigenvalue weighted by Crippen LogP contribution is 2.28. The summed E-state index contributed by atoms with van der Waals surface area (Å²) < 4.78 is 40.7. The molecular weight excluding hydrogens is 293 g/mol. The molecule has 1 aromatic carbocycles. The van der Waals surface area contributed by atoms with Gasteiger partial charge in [-0.25, -0.2) is 17.5 Å². The molecule has 2 rings (SSSR count). The summed E-state index contributed by atoms with van der Waals surface area (Å²) in [6.07, 6.45) is 4.33. The molecule has 1 aliphatic carbocycles. The lowest BCUT2D eigenvalue weighted by atomic mass is 9.83. The van der Waals surface area contributed by atoms with Crippen molar-refractivity contribution in [3.63, 3.8) is 0 Å². The number of rotatable bonds is 5. The maximum atomic E-state index is 13.8. The van der Waals surface area contributed by atoms with Crippen molar-refractivity contribution in [3.8, 4) is 0 Å². The zero-order chi connectivity index (χ0) is 15.5. The van der Waals surface area contributed by atoms with E-state index in [0.717, 1.165) is 25.3 Å². The molecule has 0 spiro atoms. The average molecular weight is 315 g/mol. The number of halogens is 1. The fourth-order valence-corrected chi connectivity index (χ4v) is 4.08. The van der Waals surface area contributed by atoms with Crippen LogP contribution in [0.25, 0.3) is 0 Å². The van der Waals surface area contributed by atoms with Crippen molar-refractivity contribution >= 4 is 10.0 Å². The average Bonchev–Trinajstić information content (AvgIpc) is 2.45. The van der Waals surface area contributed by atoms with Crippen molar-refractivity contribution in [2.75, 3.05) is 6.54 Å². The lowest BCUT2D eigenvalue weighted by Gasteiger charge is -2.26. The molecule has 0 saturated heterocycles. The minimum atomic E-state index is -3.84. The molecule has 6 heteroatoms. The summed E-state index contributed by atoms with van der Waals surface area (Å²) in [5, 5.41) is 8.92. The predicted octanol–water partition coefficient (Wildman–Crippen LogP) is 2.42. The van der Waals surface area contributed by atoms with Crippen LogP contribution in [-0.2, 0) is 16.6 Å². The normalized spacial score (nSPS) is 23.2. The van der Waals surface area contributed by atoms with Gasteiger partial charge in [0.25, 0.3) is 0 Å². The van der Waals surface area contributed by atoms with Crippen molar-refractivity contribution in [1.29, 1.82) is 0 Å². The van der Waals surface area contributed by atoms with Gasteiger partial charge in [-0.2, -0.15) is 0 Å². The molecule has 118 valence electrons. The van der Waals surface area contributed by atoms with E-state index in [1.807, 2.05) is 0 Å². The third kappa shape index (κ3) is 4.25. The van der Waals surface area contributed by atoms with Crippen molar-refractivity contribution in [2.45, 2.75) is 44.1 Å². The Morgan fingerprint density at radius 2 is 2.14 bits per heavy atom. The second-order valence-corrected chi connectivity index (χ2v) is 7.65. The molecule has 4 nitrogen and oxygen atoms in total. The van der Waals surface area contributed by atoms with Crippen LogP contribution in [0.15, 0.2) is 23.1 Å². The number of sulfonamides is 1. The van der Waals surface area contributed by atoms with Crippen LogP contribution in [0.4, 0.5) is 4.39 Å². The summed E-state index contributed by atoms with van der Waals surface area (Å²) in [6.45, 7) is 2.21. The second kappa shape index (κ2) is 6.85. The minimum absolute atomic E-state index is 0.315. The Hall–Kier alpha value is -0.980. The standard InChI is InChI=1S/C15H22FNO3S/c1-11-3-2-4-12(7-11)9-17-21(19,20)15-6-5-13(10-18)8-14(15)16/h5-6,8,11-12,17-18H,2-4,7,9-10H2,1H3. The number of hydrogen-bond donors (Lipinski definition) is 2. The van der Waals surface area contributed by atoms with E-state index in [2.05, 4.69) is 11.6 Å². The lowest BCUT2D eigenvalue weighted by Crippen LogP contribution is -2.32. The Labute approximate surface area is 125 Å². The zero-order valence-corrected chi connectivity index (χ0v) is 13.0. The number of aliphatic hydroxyl groups excluding tert-OH is 1. The second-order valence-electron chi connectivity index (χ2n) is 5.91. The molecule has 2 N–H and O–H groups in total. The van der Waals surface area contributed by atoms with Gasteiger partial charge in [0.2, 0.25) is 10.0 Å².